The normalized spacial score (nSPS) is 18.0. The lowest BCUT2D eigenvalue weighted by Gasteiger charge is -2.15. The summed E-state index contributed by atoms with van der Waals surface area (Å²) in [4.78, 5) is 13.0. The van der Waals surface area contributed by atoms with Crippen molar-refractivity contribution in [2.75, 3.05) is 17.2 Å². The highest BCUT2D eigenvalue weighted by atomic mass is 19.1. The first kappa shape index (κ1) is 16.2. The highest BCUT2D eigenvalue weighted by Crippen LogP contribution is 2.34. The maximum Gasteiger partial charge on any atom is 0.228 e. The molecule has 0 saturated heterocycles. The van der Waals surface area contributed by atoms with Crippen LogP contribution >= 0.6 is 0 Å². The van der Waals surface area contributed by atoms with Crippen molar-refractivity contribution < 1.29 is 8.78 Å². The zero-order valence-electron chi connectivity index (χ0n) is 14.1. The Morgan fingerprint density at radius 2 is 1.84 bits per heavy atom. The van der Waals surface area contributed by atoms with Gasteiger partial charge >= 0.3 is 0 Å². The van der Waals surface area contributed by atoms with Crippen molar-refractivity contribution in [3.63, 3.8) is 0 Å². The van der Waals surface area contributed by atoms with Crippen molar-refractivity contribution in [3.05, 3.63) is 29.8 Å². The third-order valence-electron chi connectivity index (χ3n) is 4.74. The van der Waals surface area contributed by atoms with E-state index in [1.165, 1.54) is 25.7 Å². The zero-order chi connectivity index (χ0) is 17.4. The summed E-state index contributed by atoms with van der Waals surface area (Å²) in [5, 5.41) is 6.46. The van der Waals surface area contributed by atoms with E-state index in [0.29, 0.717) is 23.7 Å². The van der Waals surface area contributed by atoms with E-state index < -0.39 is 11.6 Å². The van der Waals surface area contributed by atoms with E-state index in [4.69, 9.17) is 0 Å². The van der Waals surface area contributed by atoms with Crippen LogP contribution < -0.4 is 10.6 Å². The molecule has 25 heavy (non-hydrogen) atoms. The Morgan fingerprint density at radius 3 is 2.56 bits per heavy atom. The number of hydrogen-bond donors (Lipinski definition) is 2. The van der Waals surface area contributed by atoms with Crippen LogP contribution in [0.3, 0.4) is 0 Å². The number of benzene rings is 1. The van der Waals surface area contributed by atoms with Gasteiger partial charge in [-0.3, -0.25) is 0 Å². The molecule has 2 N–H and O–H groups in total. The molecule has 7 heteroatoms. The lowest BCUT2D eigenvalue weighted by Crippen LogP contribution is -2.20. The van der Waals surface area contributed by atoms with Crippen LogP contribution in [0.1, 0.15) is 32.6 Å². The number of halogens is 2. The highest BCUT2D eigenvalue weighted by Gasteiger charge is 2.29. The van der Waals surface area contributed by atoms with Crippen LogP contribution in [0.25, 0.3) is 11.4 Å². The number of aromatic nitrogens is 3. The largest absolute Gasteiger partial charge is 0.354 e. The molecule has 0 amide bonds. The van der Waals surface area contributed by atoms with Crippen LogP contribution in [-0.4, -0.2) is 27.5 Å². The van der Waals surface area contributed by atoms with E-state index >= 15 is 0 Å². The van der Waals surface area contributed by atoms with Gasteiger partial charge in [-0.05, 0) is 62.6 Å². The third-order valence-corrected chi connectivity index (χ3v) is 4.74. The van der Waals surface area contributed by atoms with Crippen LogP contribution in [0.15, 0.2) is 18.2 Å². The van der Waals surface area contributed by atoms with Crippen molar-refractivity contribution in [3.8, 4) is 11.4 Å². The molecule has 2 aliphatic carbocycles. The summed E-state index contributed by atoms with van der Waals surface area (Å²) in [6.07, 6.45) is 4.79. The summed E-state index contributed by atoms with van der Waals surface area (Å²) < 4.78 is 27.7. The number of nitrogens with zero attached hydrogens (tertiary/aromatic N) is 3. The standard InChI is InChI=1S/C18H21F2N5/c1-10(12-4-5-12)22-18-24-16(14-8-13(19)6-7-15(14)20)23-17(25-18)21-9-11-2-3-11/h6-8,10-12H,2-5,9H2,1H3,(H2,21,22,23,24,25). The molecule has 5 nitrogen and oxygen atoms in total. The third kappa shape index (κ3) is 4.03. The summed E-state index contributed by atoms with van der Waals surface area (Å²) in [5.74, 6) is 1.11. The number of hydrogen-bond acceptors (Lipinski definition) is 5. The molecule has 1 atom stereocenters. The van der Waals surface area contributed by atoms with Crippen molar-refractivity contribution in [1.82, 2.24) is 15.0 Å². The summed E-state index contributed by atoms with van der Waals surface area (Å²) >= 11 is 0. The van der Waals surface area contributed by atoms with Gasteiger partial charge in [-0.15, -0.1) is 0 Å². The van der Waals surface area contributed by atoms with Gasteiger partial charge in [0.1, 0.15) is 11.6 Å². The minimum absolute atomic E-state index is 0.0407. The average molecular weight is 345 g/mol. The molecule has 2 fully saturated rings. The van der Waals surface area contributed by atoms with Crippen LogP contribution in [-0.2, 0) is 0 Å². The van der Waals surface area contributed by atoms with Gasteiger partial charge in [0.2, 0.25) is 11.9 Å². The quantitative estimate of drug-likeness (QED) is 0.798. The summed E-state index contributed by atoms with van der Waals surface area (Å²) in [6, 6.07) is 3.53. The summed E-state index contributed by atoms with van der Waals surface area (Å²) in [6.45, 7) is 2.87. The lowest BCUT2D eigenvalue weighted by atomic mass is 10.2. The Bertz CT molecular complexity index is 774. The van der Waals surface area contributed by atoms with Crippen molar-refractivity contribution in [2.45, 2.75) is 38.6 Å². The van der Waals surface area contributed by atoms with E-state index in [-0.39, 0.29) is 17.4 Å². The number of nitrogens with one attached hydrogen (secondary N) is 2. The SMILES string of the molecule is CC(Nc1nc(NCC2CC2)nc(-c2cc(F)ccc2F)n1)C1CC1. The van der Waals surface area contributed by atoms with Gasteiger partial charge in [-0.2, -0.15) is 15.0 Å². The molecule has 0 radical (unpaired) electrons. The second kappa shape index (κ2) is 6.54. The van der Waals surface area contributed by atoms with Gasteiger partial charge in [0, 0.05) is 12.6 Å². The summed E-state index contributed by atoms with van der Waals surface area (Å²) in [5.41, 5.74) is 0.0407. The van der Waals surface area contributed by atoms with E-state index in [9.17, 15) is 8.78 Å². The lowest BCUT2D eigenvalue weighted by molar-refractivity contribution is 0.602. The molecule has 132 valence electrons. The molecule has 1 heterocycles. The van der Waals surface area contributed by atoms with E-state index in [1.807, 2.05) is 0 Å². The number of anilines is 2. The Kier molecular flexibility index (Phi) is 4.23. The predicted molar refractivity (Wildman–Crippen MR) is 92.2 cm³/mol. The molecule has 0 aliphatic heterocycles. The first-order valence-corrected chi connectivity index (χ1v) is 8.80. The fraction of sp³-hybridized carbons (Fsp3) is 0.500. The van der Waals surface area contributed by atoms with Gasteiger partial charge < -0.3 is 10.6 Å². The van der Waals surface area contributed by atoms with Gasteiger partial charge in [0.25, 0.3) is 0 Å². The first-order valence-electron chi connectivity index (χ1n) is 8.80. The van der Waals surface area contributed by atoms with Crippen molar-refractivity contribution in [2.24, 2.45) is 11.8 Å². The fourth-order valence-corrected chi connectivity index (χ4v) is 2.78. The molecule has 2 aromatic rings. The van der Waals surface area contributed by atoms with E-state index in [1.54, 1.807) is 0 Å². The summed E-state index contributed by atoms with van der Waals surface area (Å²) in [7, 11) is 0. The topological polar surface area (TPSA) is 62.7 Å². The van der Waals surface area contributed by atoms with Gasteiger partial charge in [0.15, 0.2) is 5.82 Å². The number of rotatable bonds is 7. The Morgan fingerprint density at radius 1 is 1.08 bits per heavy atom. The molecule has 2 aliphatic rings. The van der Waals surface area contributed by atoms with E-state index in [0.717, 1.165) is 24.7 Å². The molecule has 4 rings (SSSR count). The molecule has 1 aromatic heterocycles. The van der Waals surface area contributed by atoms with Crippen LogP contribution in [0.4, 0.5) is 20.7 Å². The minimum Gasteiger partial charge on any atom is -0.354 e. The Balaban J connectivity index is 1.65. The van der Waals surface area contributed by atoms with Gasteiger partial charge in [-0.25, -0.2) is 8.78 Å². The fourth-order valence-electron chi connectivity index (χ4n) is 2.78. The molecule has 0 bridgehead atoms. The maximum atomic E-state index is 14.1. The Hall–Kier alpha value is -2.31. The molecule has 0 spiro atoms. The smallest absolute Gasteiger partial charge is 0.228 e. The van der Waals surface area contributed by atoms with Crippen LogP contribution in [0.2, 0.25) is 0 Å². The molecule has 2 saturated carbocycles. The minimum atomic E-state index is -0.554. The monoisotopic (exact) mass is 345 g/mol. The molecular weight excluding hydrogens is 324 g/mol. The van der Waals surface area contributed by atoms with Crippen molar-refractivity contribution >= 4 is 11.9 Å². The Labute approximate surface area is 145 Å². The van der Waals surface area contributed by atoms with Gasteiger partial charge in [0.05, 0.1) is 5.56 Å². The van der Waals surface area contributed by atoms with Crippen LogP contribution in [0, 0.1) is 23.5 Å². The second-order valence-electron chi connectivity index (χ2n) is 7.03. The first-order chi connectivity index (χ1) is 12.1. The van der Waals surface area contributed by atoms with Gasteiger partial charge in [-0.1, -0.05) is 0 Å². The molecule has 1 aromatic carbocycles. The maximum absolute atomic E-state index is 14.1. The molecule has 1 unspecified atom stereocenters. The van der Waals surface area contributed by atoms with E-state index in [2.05, 4.69) is 32.5 Å². The molecular formula is C18H21F2N5. The van der Waals surface area contributed by atoms with Crippen molar-refractivity contribution in [1.29, 1.82) is 0 Å². The van der Waals surface area contributed by atoms with Crippen LogP contribution in [0.5, 0.6) is 0 Å². The highest BCUT2D eigenvalue weighted by molar-refractivity contribution is 5.59. The zero-order valence-corrected chi connectivity index (χ0v) is 14.1. The second-order valence-corrected chi connectivity index (χ2v) is 7.03. The average Bonchev–Trinajstić information content (AvgIpc) is 3.48. The predicted octanol–water partition coefficient (Wildman–Crippen LogP) is 3.85.